The fourth-order valence-electron chi connectivity index (χ4n) is 5.41. The molecule has 0 N–H and O–H groups in total. The number of esters is 1. The Morgan fingerprint density at radius 1 is 0.522 bits per heavy atom. The predicted octanol–water partition coefficient (Wildman–Crippen LogP) is 12.4. The van der Waals surface area contributed by atoms with Crippen LogP contribution in [0, 0.1) is 0 Å². The summed E-state index contributed by atoms with van der Waals surface area (Å²) in [7, 11) is 3.90. The third kappa shape index (κ3) is 33.4. The summed E-state index contributed by atoms with van der Waals surface area (Å²) < 4.78 is 5.72. The second-order valence-corrected chi connectivity index (χ2v) is 13.4. The van der Waals surface area contributed by atoms with Gasteiger partial charge < -0.3 is 9.64 Å². The Kier molecular flexibility index (Phi) is 34.4. The Morgan fingerprint density at radius 3 is 1.39 bits per heavy atom. The molecule has 0 saturated carbocycles. The molecular weight excluding hydrogens is 566 g/mol. The van der Waals surface area contributed by atoms with E-state index in [9.17, 15) is 9.59 Å². The lowest BCUT2D eigenvalue weighted by Crippen LogP contribution is -2.29. The highest BCUT2D eigenvalue weighted by Gasteiger charge is 2.22. The van der Waals surface area contributed by atoms with Crippen molar-refractivity contribution in [2.24, 2.45) is 0 Å². The van der Waals surface area contributed by atoms with Crippen molar-refractivity contribution in [3.8, 4) is 0 Å². The standard InChI is InChI=1S/C42H75NO3/c1-5-7-9-11-13-15-17-19-21-23-25-27-29-31-33-35-37-41(46-42(45)38-39-43(3)4)40(44)36-34-32-30-28-26-24-22-20-18-16-14-12-10-8-6-2/h13-16,19-22,41H,5-12,17-18,23-39H2,1-4H3/b15-13+,16-14+,21-19+,22-20+. The second-order valence-electron chi connectivity index (χ2n) is 13.4. The summed E-state index contributed by atoms with van der Waals surface area (Å²) >= 11 is 0. The van der Waals surface area contributed by atoms with Crippen LogP contribution in [-0.4, -0.2) is 43.4 Å². The van der Waals surface area contributed by atoms with Crippen molar-refractivity contribution in [2.45, 2.75) is 187 Å². The van der Waals surface area contributed by atoms with Crippen LogP contribution in [0.3, 0.4) is 0 Å². The van der Waals surface area contributed by atoms with E-state index in [-0.39, 0.29) is 11.8 Å². The molecule has 0 amide bonds. The number of carbonyl (C=O) groups excluding carboxylic acids is 2. The second kappa shape index (κ2) is 35.9. The number of Topliss-reactive ketones (excluding diaryl/α,β-unsaturated/α-hetero) is 1. The molecule has 0 spiro atoms. The van der Waals surface area contributed by atoms with E-state index in [0.717, 1.165) is 57.8 Å². The first-order chi connectivity index (χ1) is 22.5. The highest BCUT2D eigenvalue weighted by molar-refractivity contribution is 5.85. The number of rotatable bonds is 34. The van der Waals surface area contributed by atoms with E-state index >= 15 is 0 Å². The maximum atomic E-state index is 13.0. The van der Waals surface area contributed by atoms with Gasteiger partial charge in [0.05, 0.1) is 6.42 Å². The number of allylic oxidation sites excluding steroid dienone is 8. The fraction of sp³-hybridized carbons (Fsp3) is 0.762. The minimum absolute atomic E-state index is 0.117. The summed E-state index contributed by atoms with van der Waals surface area (Å²) in [6.45, 7) is 5.14. The largest absolute Gasteiger partial charge is 0.454 e. The summed E-state index contributed by atoms with van der Waals surface area (Å²) in [6.07, 6.45) is 46.6. The van der Waals surface area contributed by atoms with Gasteiger partial charge >= 0.3 is 5.97 Å². The van der Waals surface area contributed by atoms with Crippen LogP contribution in [0.4, 0.5) is 0 Å². The SMILES string of the molecule is CCCCC/C=C/C/C=C/CCCCCCCCC(OC(=O)CCN(C)C)C(=O)CCCCCCC/C=C/C/C=C/CCCCC. The summed E-state index contributed by atoms with van der Waals surface area (Å²) in [6, 6.07) is 0. The molecule has 4 heteroatoms. The zero-order valence-corrected chi connectivity index (χ0v) is 31.0. The molecule has 0 bridgehead atoms. The fourth-order valence-corrected chi connectivity index (χ4v) is 5.41. The van der Waals surface area contributed by atoms with Crippen LogP contribution in [0.1, 0.15) is 181 Å². The van der Waals surface area contributed by atoms with Gasteiger partial charge in [0.15, 0.2) is 11.9 Å². The highest BCUT2D eigenvalue weighted by Crippen LogP contribution is 2.16. The monoisotopic (exact) mass is 642 g/mol. The van der Waals surface area contributed by atoms with Crippen LogP contribution in [-0.2, 0) is 14.3 Å². The molecule has 1 atom stereocenters. The first kappa shape index (κ1) is 44.1. The predicted molar refractivity (Wildman–Crippen MR) is 201 cm³/mol. The third-order valence-electron chi connectivity index (χ3n) is 8.44. The maximum Gasteiger partial charge on any atom is 0.307 e. The van der Waals surface area contributed by atoms with Crippen molar-refractivity contribution in [3.05, 3.63) is 48.6 Å². The van der Waals surface area contributed by atoms with Gasteiger partial charge in [0.25, 0.3) is 0 Å². The first-order valence-corrected chi connectivity index (χ1v) is 19.5. The Morgan fingerprint density at radius 2 is 0.935 bits per heavy atom. The van der Waals surface area contributed by atoms with Gasteiger partial charge in [-0.2, -0.15) is 0 Å². The van der Waals surface area contributed by atoms with E-state index in [4.69, 9.17) is 4.74 Å². The zero-order valence-electron chi connectivity index (χ0n) is 31.0. The number of hydrogen-bond acceptors (Lipinski definition) is 4. The van der Waals surface area contributed by atoms with Gasteiger partial charge in [-0.1, -0.05) is 133 Å². The van der Waals surface area contributed by atoms with E-state index in [1.807, 2.05) is 19.0 Å². The topological polar surface area (TPSA) is 46.6 Å². The van der Waals surface area contributed by atoms with E-state index in [1.165, 1.54) is 89.9 Å². The van der Waals surface area contributed by atoms with E-state index in [2.05, 4.69) is 62.5 Å². The van der Waals surface area contributed by atoms with Crippen LogP contribution in [0.25, 0.3) is 0 Å². The number of ether oxygens (including phenoxy) is 1. The van der Waals surface area contributed by atoms with Crippen LogP contribution < -0.4 is 0 Å². The molecular formula is C42H75NO3. The van der Waals surface area contributed by atoms with Crippen molar-refractivity contribution in [2.75, 3.05) is 20.6 Å². The van der Waals surface area contributed by atoms with Gasteiger partial charge in [-0.15, -0.1) is 0 Å². The Hall–Kier alpha value is -1.94. The molecule has 0 fully saturated rings. The van der Waals surface area contributed by atoms with Crippen LogP contribution in [0.15, 0.2) is 48.6 Å². The number of unbranched alkanes of at least 4 members (excludes halogenated alkanes) is 17. The first-order valence-electron chi connectivity index (χ1n) is 19.5. The molecule has 266 valence electrons. The van der Waals surface area contributed by atoms with Gasteiger partial charge in [0, 0.05) is 13.0 Å². The smallest absolute Gasteiger partial charge is 0.307 e. The Balaban J connectivity index is 4.11. The van der Waals surface area contributed by atoms with Crippen molar-refractivity contribution in [3.63, 3.8) is 0 Å². The molecule has 46 heavy (non-hydrogen) atoms. The van der Waals surface area contributed by atoms with E-state index in [0.29, 0.717) is 25.8 Å². The molecule has 0 aromatic rings. The van der Waals surface area contributed by atoms with E-state index in [1.54, 1.807) is 0 Å². The number of ketones is 1. The quantitative estimate of drug-likeness (QED) is 0.0398. The van der Waals surface area contributed by atoms with Gasteiger partial charge in [-0.3, -0.25) is 9.59 Å². The molecule has 1 unspecified atom stereocenters. The molecule has 0 saturated heterocycles. The van der Waals surface area contributed by atoms with Gasteiger partial charge in [-0.25, -0.2) is 0 Å². The average molecular weight is 642 g/mol. The van der Waals surface area contributed by atoms with Crippen LogP contribution >= 0.6 is 0 Å². The van der Waals surface area contributed by atoms with E-state index < -0.39 is 6.10 Å². The Labute approximate surface area is 286 Å². The maximum absolute atomic E-state index is 13.0. The lowest BCUT2D eigenvalue weighted by molar-refractivity contribution is -0.155. The highest BCUT2D eigenvalue weighted by atomic mass is 16.5. The van der Waals surface area contributed by atoms with Crippen molar-refractivity contribution in [1.29, 1.82) is 0 Å². The molecule has 0 aliphatic heterocycles. The van der Waals surface area contributed by atoms with Crippen LogP contribution in [0.2, 0.25) is 0 Å². The average Bonchev–Trinajstić information content (AvgIpc) is 3.04. The molecule has 0 heterocycles. The molecule has 0 aromatic carbocycles. The third-order valence-corrected chi connectivity index (χ3v) is 8.44. The molecule has 0 radical (unpaired) electrons. The summed E-state index contributed by atoms with van der Waals surface area (Å²) in [5.41, 5.74) is 0. The number of hydrogen-bond donors (Lipinski definition) is 0. The lowest BCUT2D eigenvalue weighted by Gasteiger charge is -2.18. The molecule has 4 nitrogen and oxygen atoms in total. The minimum Gasteiger partial charge on any atom is -0.454 e. The van der Waals surface area contributed by atoms with Crippen molar-refractivity contribution in [1.82, 2.24) is 4.90 Å². The van der Waals surface area contributed by atoms with Gasteiger partial charge in [0.2, 0.25) is 0 Å². The molecule has 0 rings (SSSR count). The Bertz CT molecular complexity index is 795. The molecule has 0 aliphatic carbocycles. The van der Waals surface area contributed by atoms with Gasteiger partial charge in [-0.05, 0) is 97.6 Å². The van der Waals surface area contributed by atoms with Crippen molar-refractivity contribution >= 4 is 11.8 Å². The minimum atomic E-state index is -0.564. The molecule has 0 aliphatic rings. The zero-order chi connectivity index (χ0) is 33.8. The number of carbonyl (C=O) groups is 2. The molecule has 0 aromatic heterocycles. The number of nitrogens with zero attached hydrogens (tertiary/aromatic N) is 1. The van der Waals surface area contributed by atoms with Crippen LogP contribution in [0.5, 0.6) is 0 Å². The summed E-state index contributed by atoms with van der Waals surface area (Å²) in [5, 5.41) is 0. The summed E-state index contributed by atoms with van der Waals surface area (Å²) in [4.78, 5) is 27.4. The van der Waals surface area contributed by atoms with Crippen molar-refractivity contribution < 1.29 is 14.3 Å². The summed E-state index contributed by atoms with van der Waals surface area (Å²) in [5.74, 6) is -0.126. The normalized spacial score (nSPS) is 12.9. The lowest BCUT2D eigenvalue weighted by atomic mass is 10.0. The van der Waals surface area contributed by atoms with Gasteiger partial charge in [0.1, 0.15) is 0 Å².